The molecule has 0 bridgehead atoms. The molecule has 1 N–H and O–H groups in total. The van der Waals surface area contributed by atoms with Crippen molar-refractivity contribution in [3.05, 3.63) is 24.0 Å². The monoisotopic (exact) mass is 289 g/mol. The van der Waals surface area contributed by atoms with Crippen molar-refractivity contribution >= 4 is 0 Å². The maximum Gasteiger partial charge on any atom is 0.265 e. The molecule has 1 unspecified atom stereocenters. The van der Waals surface area contributed by atoms with Crippen LogP contribution in [0, 0.1) is 0 Å². The number of piperidine rings is 1. The van der Waals surface area contributed by atoms with E-state index in [9.17, 15) is 0 Å². The van der Waals surface area contributed by atoms with Crippen molar-refractivity contribution in [3.8, 4) is 23.0 Å². The summed E-state index contributed by atoms with van der Waals surface area (Å²) in [6, 6.07) is 5.72. The second-order valence-electron chi connectivity index (χ2n) is 5.00. The Bertz CT molecular complexity index is 584. The molecular formula is C15H19N3O3. The van der Waals surface area contributed by atoms with Crippen LogP contribution >= 0.6 is 0 Å². The normalized spacial score (nSPS) is 18.5. The van der Waals surface area contributed by atoms with E-state index in [2.05, 4.69) is 15.5 Å². The van der Waals surface area contributed by atoms with Crippen LogP contribution in [0.15, 0.2) is 22.7 Å². The molecule has 0 radical (unpaired) electrons. The SMILES string of the molecule is COc1cccc(OC)c1-c1nc(C2CCCCN2)no1. The number of ether oxygens (including phenoxy) is 2. The van der Waals surface area contributed by atoms with E-state index >= 15 is 0 Å². The first-order valence-corrected chi connectivity index (χ1v) is 7.12. The van der Waals surface area contributed by atoms with Gasteiger partial charge in [-0.15, -0.1) is 0 Å². The molecule has 112 valence electrons. The number of hydrogen-bond acceptors (Lipinski definition) is 6. The predicted octanol–water partition coefficient (Wildman–Crippen LogP) is 2.57. The molecule has 1 aliphatic rings. The highest BCUT2D eigenvalue weighted by Gasteiger charge is 2.23. The third-order valence-electron chi connectivity index (χ3n) is 3.71. The Morgan fingerprint density at radius 1 is 1.19 bits per heavy atom. The highest BCUT2D eigenvalue weighted by atomic mass is 16.5. The van der Waals surface area contributed by atoms with Gasteiger partial charge < -0.3 is 19.3 Å². The zero-order valence-electron chi connectivity index (χ0n) is 12.3. The van der Waals surface area contributed by atoms with Gasteiger partial charge in [-0.1, -0.05) is 17.6 Å². The summed E-state index contributed by atoms with van der Waals surface area (Å²) in [5.41, 5.74) is 0.692. The fourth-order valence-electron chi connectivity index (χ4n) is 2.61. The van der Waals surface area contributed by atoms with Crippen molar-refractivity contribution in [1.82, 2.24) is 15.5 Å². The molecule has 1 saturated heterocycles. The summed E-state index contributed by atoms with van der Waals surface area (Å²) < 4.78 is 16.2. The minimum absolute atomic E-state index is 0.164. The molecule has 0 aliphatic carbocycles. The fourth-order valence-corrected chi connectivity index (χ4v) is 2.61. The average Bonchev–Trinajstić information content (AvgIpc) is 3.04. The van der Waals surface area contributed by atoms with E-state index in [4.69, 9.17) is 14.0 Å². The maximum absolute atomic E-state index is 5.43. The van der Waals surface area contributed by atoms with Crippen molar-refractivity contribution in [2.75, 3.05) is 20.8 Å². The molecule has 21 heavy (non-hydrogen) atoms. The van der Waals surface area contributed by atoms with E-state index in [-0.39, 0.29) is 6.04 Å². The Morgan fingerprint density at radius 3 is 2.57 bits per heavy atom. The van der Waals surface area contributed by atoms with Gasteiger partial charge in [0.05, 0.1) is 20.3 Å². The molecule has 0 spiro atoms. The van der Waals surface area contributed by atoms with E-state index in [1.807, 2.05) is 18.2 Å². The van der Waals surface area contributed by atoms with Gasteiger partial charge in [-0.3, -0.25) is 0 Å². The highest BCUT2D eigenvalue weighted by Crippen LogP contribution is 2.37. The molecule has 2 heterocycles. The minimum Gasteiger partial charge on any atom is -0.496 e. The number of nitrogens with zero attached hydrogens (tertiary/aromatic N) is 2. The van der Waals surface area contributed by atoms with Gasteiger partial charge in [-0.25, -0.2) is 0 Å². The van der Waals surface area contributed by atoms with Crippen LogP contribution in [0.5, 0.6) is 11.5 Å². The Balaban J connectivity index is 1.95. The molecule has 6 nitrogen and oxygen atoms in total. The number of benzene rings is 1. The van der Waals surface area contributed by atoms with E-state index in [0.717, 1.165) is 13.0 Å². The lowest BCUT2D eigenvalue weighted by Gasteiger charge is -2.19. The van der Waals surface area contributed by atoms with E-state index in [1.54, 1.807) is 14.2 Å². The van der Waals surface area contributed by atoms with Crippen molar-refractivity contribution in [2.45, 2.75) is 25.3 Å². The summed E-state index contributed by atoms with van der Waals surface area (Å²) in [5, 5.41) is 7.52. The Morgan fingerprint density at radius 2 is 1.95 bits per heavy atom. The van der Waals surface area contributed by atoms with Gasteiger partial charge >= 0.3 is 0 Å². The van der Waals surface area contributed by atoms with Crippen LogP contribution < -0.4 is 14.8 Å². The quantitative estimate of drug-likeness (QED) is 0.933. The smallest absolute Gasteiger partial charge is 0.265 e. The largest absolute Gasteiger partial charge is 0.496 e. The van der Waals surface area contributed by atoms with Crippen LogP contribution in [-0.2, 0) is 0 Å². The number of hydrogen-bond donors (Lipinski definition) is 1. The van der Waals surface area contributed by atoms with Gasteiger partial charge in [-0.2, -0.15) is 4.98 Å². The first kappa shape index (κ1) is 13.9. The van der Waals surface area contributed by atoms with E-state index < -0.39 is 0 Å². The average molecular weight is 289 g/mol. The number of rotatable bonds is 4. The molecule has 1 aromatic heterocycles. The van der Waals surface area contributed by atoms with Crippen LogP contribution in [0.3, 0.4) is 0 Å². The van der Waals surface area contributed by atoms with Gasteiger partial charge in [0.15, 0.2) is 5.82 Å². The third kappa shape index (κ3) is 2.71. The van der Waals surface area contributed by atoms with Crippen LogP contribution in [-0.4, -0.2) is 30.9 Å². The first-order valence-electron chi connectivity index (χ1n) is 7.12. The second kappa shape index (κ2) is 6.13. The summed E-state index contributed by atoms with van der Waals surface area (Å²) in [6.07, 6.45) is 3.41. The van der Waals surface area contributed by atoms with Crippen LogP contribution in [0.4, 0.5) is 0 Å². The van der Waals surface area contributed by atoms with Crippen molar-refractivity contribution in [1.29, 1.82) is 0 Å². The molecular weight excluding hydrogens is 270 g/mol. The number of nitrogens with one attached hydrogen (secondary N) is 1. The topological polar surface area (TPSA) is 69.4 Å². The van der Waals surface area contributed by atoms with E-state index in [0.29, 0.717) is 28.8 Å². The predicted molar refractivity (Wildman–Crippen MR) is 77.4 cm³/mol. The molecule has 2 aromatic rings. The van der Waals surface area contributed by atoms with Crippen LogP contribution in [0.25, 0.3) is 11.5 Å². The van der Waals surface area contributed by atoms with Gasteiger partial charge in [0.2, 0.25) is 0 Å². The molecule has 1 atom stereocenters. The summed E-state index contributed by atoms with van der Waals surface area (Å²) >= 11 is 0. The highest BCUT2D eigenvalue weighted by molar-refractivity contribution is 5.70. The van der Waals surface area contributed by atoms with Gasteiger partial charge in [-0.05, 0) is 31.5 Å². The zero-order chi connectivity index (χ0) is 14.7. The molecule has 0 saturated carbocycles. The number of methoxy groups -OCH3 is 2. The number of aromatic nitrogens is 2. The minimum atomic E-state index is 0.164. The fraction of sp³-hybridized carbons (Fsp3) is 0.467. The molecule has 1 aromatic carbocycles. The summed E-state index contributed by atoms with van der Waals surface area (Å²) in [4.78, 5) is 4.52. The summed E-state index contributed by atoms with van der Waals surface area (Å²) in [5.74, 6) is 2.42. The Labute approximate surface area is 123 Å². The Hall–Kier alpha value is -2.08. The van der Waals surface area contributed by atoms with E-state index in [1.165, 1.54) is 12.8 Å². The standard InChI is InChI=1S/C15H19N3O3/c1-19-11-7-5-8-12(20-2)13(11)15-17-14(18-21-15)10-6-3-4-9-16-10/h5,7-8,10,16H,3-4,6,9H2,1-2H3. The second-order valence-corrected chi connectivity index (χ2v) is 5.00. The Kier molecular flexibility index (Phi) is 4.06. The molecule has 1 aliphatic heterocycles. The maximum atomic E-state index is 5.43. The first-order chi connectivity index (χ1) is 10.3. The zero-order valence-corrected chi connectivity index (χ0v) is 12.3. The van der Waals surface area contributed by atoms with Crippen molar-refractivity contribution in [2.24, 2.45) is 0 Å². The lowest BCUT2D eigenvalue weighted by Crippen LogP contribution is -2.27. The van der Waals surface area contributed by atoms with Crippen molar-refractivity contribution in [3.63, 3.8) is 0 Å². The summed E-state index contributed by atoms with van der Waals surface area (Å²) in [6.45, 7) is 0.993. The molecule has 0 amide bonds. The van der Waals surface area contributed by atoms with Crippen LogP contribution in [0.2, 0.25) is 0 Å². The summed E-state index contributed by atoms with van der Waals surface area (Å²) in [7, 11) is 3.22. The molecule has 6 heteroatoms. The molecule has 3 rings (SSSR count). The van der Waals surface area contributed by atoms with Crippen LogP contribution in [0.1, 0.15) is 31.1 Å². The lowest BCUT2D eigenvalue weighted by molar-refractivity contribution is 0.363. The van der Waals surface area contributed by atoms with Gasteiger partial charge in [0.1, 0.15) is 17.1 Å². The van der Waals surface area contributed by atoms with Gasteiger partial charge in [0, 0.05) is 0 Å². The third-order valence-corrected chi connectivity index (χ3v) is 3.71. The van der Waals surface area contributed by atoms with Gasteiger partial charge in [0.25, 0.3) is 5.89 Å². The van der Waals surface area contributed by atoms with Crippen molar-refractivity contribution < 1.29 is 14.0 Å². The lowest BCUT2D eigenvalue weighted by atomic mass is 10.0. The molecule has 1 fully saturated rings.